The number of furan rings is 1. The summed E-state index contributed by atoms with van der Waals surface area (Å²) < 4.78 is 6.86. The van der Waals surface area contributed by atoms with Crippen LogP contribution in [0.4, 0.5) is 0 Å². The molecule has 1 aromatic rings. The summed E-state index contributed by atoms with van der Waals surface area (Å²) >= 11 is 6.52. The summed E-state index contributed by atoms with van der Waals surface area (Å²) in [5.74, 6) is 5.70. The summed E-state index contributed by atoms with van der Waals surface area (Å²) in [5, 5.41) is 0. The molecule has 5 heteroatoms. The fourth-order valence-electron chi connectivity index (χ4n) is 0.674. The predicted molar refractivity (Wildman–Crippen MR) is 48.0 cm³/mol. The maximum atomic E-state index is 5.25. The normalized spacial score (nSPS) is 10.5. The van der Waals surface area contributed by atoms with Crippen LogP contribution in [0.1, 0.15) is 5.76 Å². The largest absolute Gasteiger partial charge is 0.453 e. The Hall–Kier alpha value is 0.160. The molecule has 1 aromatic heterocycles. The van der Waals surface area contributed by atoms with Crippen LogP contribution in [-0.4, -0.2) is 6.61 Å². The van der Waals surface area contributed by atoms with E-state index >= 15 is 0 Å². The zero-order valence-corrected chi connectivity index (χ0v) is 8.81. The molecule has 1 heterocycles. The van der Waals surface area contributed by atoms with E-state index in [4.69, 9.17) is 10.3 Å². The van der Waals surface area contributed by atoms with Crippen LogP contribution in [-0.2, 0) is 11.3 Å². The maximum Gasteiger partial charge on any atom is 0.183 e. The molecular formula is C6H7Br2NO2. The monoisotopic (exact) mass is 283 g/mol. The lowest BCUT2D eigenvalue weighted by molar-refractivity contribution is 0.137. The van der Waals surface area contributed by atoms with Crippen molar-refractivity contribution in [2.45, 2.75) is 6.42 Å². The summed E-state index contributed by atoms with van der Waals surface area (Å²) in [4.78, 5) is 4.40. The van der Waals surface area contributed by atoms with Crippen LogP contribution < -0.4 is 5.90 Å². The number of halogens is 2. The Bertz CT molecular complexity index is 217. The highest BCUT2D eigenvalue weighted by Crippen LogP contribution is 2.26. The van der Waals surface area contributed by atoms with E-state index in [0.717, 1.165) is 10.2 Å². The van der Waals surface area contributed by atoms with Crippen molar-refractivity contribution in [2.24, 2.45) is 5.90 Å². The molecule has 0 radical (unpaired) electrons. The van der Waals surface area contributed by atoms with Gasteiger partial charge in [-0.15, -0.1) is 0 Å². The molecule has 0 aliphatic rings. The Labute approximate surface area is 81.1 Å². The van der Waals surface area contributed by atoms with Crippen LogP contribution in [0.2, 0.25) is 0 Å². The number of nitrogens with two attached hydrogens (primary N) is 1. The molecule has 11 heavy (non-hydrogen) atoms. The highest BCUT2D eigenvalue weighted by atomic mass is 79.9. The molecule has 0 aromatic carbocycles. The third-order valence-electron chi connectivity index (χ3n) is 1.16. The fourth-order valence-corrected chi connectivity index (χ4v) is 1.33. The van der Waals surface area contributed by atoms with Gasteiger partial charge in [-0.1, -0.05) is 0 Å². The van der Waals surface area contributed by atoms with Crippen LogP contribution in [0.5, 0.6) is 0 Å². The van der Waals surface area contributed by atoms with Crippen molar-refractivity contribution in [3.8, 4) is 0 Å². The molecule has 0 unspecified atom stereocenters. The Morgan fingerprint density at radius 2 is 2.27 bits per heavy atom. The number of hydrogen-bond donors (Lipinski definition) is 1. The highest BCUT2D eigenvalue weighted by molar-refractivity contribution is 9.13. The summed E-state index contributed by atoms with van der Waals surface area (Å²) in [5.41, 5.74) is 0. The lowest BCUT2D eigenvalue weighted by Gasteiger charge is -1.92. The van der Waals surface area contributed by atoms with Gasteiger partial charge in [-0.2, -0.15) is 0 Å². The fraction of sp³-hybridized carbons (Fsp3) is 0.333. The Kier molecular flexibility index (Phi) is 3.58. The molecule has 0 spiro atoms. The molecule has 0 fully saturated rings. The maximum absolute atomic E-state index is 5.25. The highest BCUT2D eigenvalue weighted by Gasteiger charge is 2.04. The second-order valence-corrected chi connectivity index (χ2v) is 3.53. The molecule has 3 nitrogen and oxygen atoms in total. The van der Waals surface area contributed by atoms with Crippen LogP contribution in [0.15, 0.2) is 19.6 Å². The molecular weight excluding hydrogens is 278 g/mol. The molecule has 0 atom stereocenters. The molecule has 0 saturated heterocycles. The minimum absolute atomic E-state index is 0.465. The van der Waals surface area contributed by atoms with Gasteiger partial charge in [0.05, 0.1) is 11.1 Å². The summed E-state index contributed by atoms with van der Waals surface area (Å²) in [6.07, 6.45) is 0.681. The molecule has 0 aliphatic carbocycles. The smallest absolute Gasteiger partial charge is 0.183 e. The average Bonchev–Trinajstić information content (AvgIpc) is 2.28. The van der Waals surface area contributed by atoms with Gasteiger partial charge in [0, 0.05) is 6.42 Å². The van der Waals surface area contributed by atoms with Crippen molar-refractivity contribution >= 4 is 31.9 Å². The summed E-state index contributed by atoms with van der Waals surface area (Å²) in [6, 6.07) is 1.88. The number of rotatable bonds is 3. The second-order valence-electron chi connectivity index (χ2n) is 1.96. The molecule has 62 valence electrons. The van der Waals surface area contributed by atoms with Gasteiger partial charge < -0.3 is 9.25 Å². The van der Waals surface area contributed by atoms with Gasteiger partial charge in [-0.3, -0.25) is 0 Å². The van der Waals surface area contributed by atoms with Crippen LogP contribution in [0, 0.1) is 0 Å². The summed E-state index contributed by atoms with van der Waals surface area (Å²) in [6.45, 7) is 0.465. The third-order valence-corrected chi connectivity index (χ3v) is 2.87. The molecule has 0 amide bonds. The van der Waals surface area contributed by atoms with Gasteiger partial charge in [0.15, 0.2) is 4.67 Å². The molecule has 0 aliphatic heterocycles. The average molecular weight is 285 g/mol. The van der Waals surface area contributed by atoms with Gasteiger partial charge in [-0.25, -0.2) is 5.90 Å². The van der Waals surface area contributed by atoms with Crippen LogP contribution >= 0.6 is 31.9 Å². The quantitative estimate of drug-likeness (QED) is 0.866. The minimum atomic E-state index is 0.465. The Balaban J connectivity index is 2.58. The van der Waals surface area contributed by atoms with Gasteiger partial charge in [-0.05, 0) is 37.9 Å². The minimum Gasteiger partial charge on any atom is -0.453 e. The Morgan fingerprint density at radius 3 is 2.73 bits per heavy atom. The molecule has 1 rings (SSSR count). The van der Waals surface area contributed by atoms with E-state index in [9.17, 15) is 0 Å². The first-order chi connectivity index (χ1) is 5.24. The van der Waals surface area contributed by atoms with Crippen LogP contribution in [0.25, 0.3) is 0 Å². The van der Waals surface area contributed by atoms with Gasteiger partial charge in [0.1, 0.15) is 5.76 Å². The first kappa shape index (κ1) is 9.25. The van der Waals surface area contributed by atoms with Crippen molar-refractivity contribution in [3.05, 3.63) is 21.0 Å². The van der Waals surface area contributed by atoms with Gasteiger partial charge in [0.25, 0.3) is 0 Å². The van der Waals surface area contributed by atoms with Gasteiger partial charge >= 0.3 is 0 Å². The zero-order valence-electron chi connectivity index (χ0n) is 5.64. The van der Waals surface area contributed by atoms with Crippen molar-refractivity contribution < 1.29 is 9.25 Å². The first-order valence-electron chi connectivity index (χ1n) is 2.99. The van der Waals surface area contributed by atoms with E-state index in [2.05, 4.69) is 36.7 Å². The van der Waals surface area contributed by atoms with E-state index < -0.39 is 0 Å². The second kappa shape index (κ2) is 4.25. The molecule has 0 saturated carbocycles. The summed E-state index contributed by atoms with van der Waals surface area (Å²) in [7, 11) is 0. The molecule has 2 N–H and O–H groups in total. The van der Waals surface area contributed by atoms with Crippen molar-refractivity contribution in [3.63, 3.8) is 0 Å². The van der Waals surface area contributed by atoms with E-state index in [0.29, 0.717) is 17.7 Å². The zero-order chi connectivity index (χ0) is 8.27. The number of hydrogen-bond acceptors (Lipinski definition) is 3. The predicted octanol–water partition coefficient (Wildman–Crippen LogP) is 2.24. The first-order valence-corrected chi connectivity index (χ1v) is 4.58. The van der Waals surface area contributed by atoms with E-state index in [1.807, 2.05) is 6.07 Å². The standard InChI is InChI=1S/C6H7Br2NO2/c7-5-3-4(1-2-10-9)11-6(5)8/h3H,1-2,9H2. The molecule has 0 bridgehead atoms. The van der Waals surface area contributed by atoms with Crippen molar-refractivity contribution in [1.82, 2.24) is 0 Å². The van der Waals surface area contributed by atoms with Gasteiger partial charge in [0.2, 0.25) is 0 Å². The van der Waals surface area contributed by atoms with E-state index in [1.54, 1.807) is 0 Å². The Morgan fingerprint density at radius 1 is 1.55 bits per heavy atom. The SMILES string of the molecule is NOCCc1cc(Br)c(Br)o1. The van der Waals surface area contributed by atoms with Crippen molar-refractivity contribution in [2.75, 3.05) is 6.61 Å². The van der Waals surface area contributed by atoms with E-state index in [-0.39, 0.29) is 0 Å². The lowest BCUT2D eigenvalue weighted by atomic mass is 10.3. The third kappa shape index (κ3) is 2.59. The topological polar surface area (TPSA) is 48.4 Å². The van der Waals surface area contributed by atoms with E-state index in [1.165, 1.54) is 0 Å². The van der Waals surface area contributed by atoms with Crippen LogP contribution in [0.3, 0.4) is 0 Å². The van der Waals surface area contributed by atoms with Crippen molar-refractivity contribution in [1.29, 1.82) is 0 Å². The lowest BCUT2D eigenvalue weighted by Crippen LogP contribution is -2.02.